The predicted molar refractivity (Wildman–Crippen MR) is 192 cm³/mol. The van der Waals surface area contributed by atoms with Gasteiger partial charge in [-0.15, -0.1) is 0 Å². The summed E-state index contributed by atoms with van der Waals surface area (Å²) in [5.41, 5.74) is 8.02. The van der Waals surface area contributed by atoms with Gasteiger partial charge in [0.2, 0.25) is 0 Å². The van der Waals surface area contributed by atoms with Gasteiger partial charge in [-0.1, -0.05) is 99.5 Å². The zero-order valence-electron chi connectivity index (χ0n) is 28.5. The van der Waals surface area contributed by atoms with Gasteiger partial charge in [-0.05, 0) is 145 Å². The van der Waals surface area contributed by atoms with Crippen molar-refractivity contribution in [2.75, 3.05) is 13.2 Å². The normalized spacial score (nSPS) is 21.5. The first-order valence-corrected chi connectivity index (χ1v) is 18.4. The summed E-state index contributed by atoms with van der Waals surface area (Å²) < 4.78 is 35.9. The summed E-state index contributed by atoms with van der Waals surface area (Å²) in [5.74, 6) is 2.70. The van der Waals surface area contributed by atoms with Gasteiger partial charge in [-0.25, -0.2) is 8.78 Å². The fourth-order valence-corrected chi connectivity index (χ4v) is 8.03. The zero-order chi connectivity index (χ0) is 32.6. The van der Waals surface area contributed by atoms with Crippen LogP contribution >= 0.6 is 0 Å². The Hall–Kier alpha value is -3.30. The molecule has 2 aliphatic rings. The molecule has 0 spiro atoms. The molecule has 0 aliphatic heterocycles. The summed E-state index contributed by atoms with van der Waals surface area (Å²) in [7, 11) is 0. The fraction of sp³-hybridized carbons (Fsp3) is 0.455. The molecule has 2 aliphatic carbocycles. The van der Waals surface area contributed by atoms with Crippen LogP contribution in [0.25, 0.3) is 22.3 Å². The Balaban J connectivity index is 0.947. The molecule has 0 bridgehead atoms. The van der Waals surface area contributed by atoms with Gasteiger partial charge in [0.25, 0.3) is 0 Å². The molecule has 2 saturated carbocycles. The average molecular weight is 635 g/mol. The van der Waals surface area contributed by atoms with Gasteiger partial charge in [0.05, 0.1) is 13.2 Å². The third kappa shape index (κ3) is 8.60. The van der Waals surface area contributed by atoms with Crippen molar-refractivity contribution in [3.63, 3.8) is 0 Å². The van der Waals surface area contributed by atoms with Crippen LogP contribution in [0.4, 0.5) is 8.78 Å². The van der Waals surface area contributed by atoms with Crippen molar-refractivity contribution >= 4 is 0 Å². The van der Waals surface area contributed by atoms with Crippen LogP contribution in [0.1, 0.15) is 112 Å². The van der Waals surface area contributed by atoms with Crippen LogP contribution in [0.2, 0.25) is 0 Å². The Morgan fingerprint density at radius 1 is 0.489 bits per heavy atom. The van der Waals surface area contributed by atoms with E-state index in [9.17, 15) is 0 Å². The quantitative estimate of drug-likeness (QED) is 0.141. The van der Waals surface area contributed by atoms with Crippen molar-refractivity contribution < 1.29 is 13.5 Å². The van der Waals surface area contributed by atoms with Gasteiger partial charge in [-0.3, -0.25) is 0 Å². The molecule has 4 aromatic rings. The summed E-state index contributed by atoms with van der Waals surface area (Å²) in [6.07, 6.45) is 14.0. The zero-order valence-corrected chi connectivity index (χ0v) is 28.5. The third-order valence-corrected chi connectivity index (χ3v) is 11.4. The standard InChI is InChI=1S/C44H52F2O/c1-3-31-5-9-33(10-6-31)35-13-17-37(18-14-35)41-23-21-39(43(45)29-41)25-27-47-28-26-40-22-24-42(30-44(40)46)38-19-15-36(16-20-38)34-11-7-32(4-2)8-12-34/h13-24,29-34H,3-12,25-28H2,1-2H3. The monoisotopic (exact) mass is 634 g/mol. The fourth-order valence-electron chi connectivity index (χ4n) is 8.03. The minimum Gasteiger partial charge on any atom is -0.381 e. The van der Waals surface area contributed by atoms with Crippen molar-refractivity contribution in [2.45, 2.75) is 103 Å². The Morgan fingerprint density at radius 3 is 1.19 bits per heavy atom. The van der Waals surface area contributed by atoms with Gasteiger partial charge in [0, 0.05) is 0 Å². The number of benzene rings is 4. The molecular formula is C44H52F2O. The van der Waals surface area contributed by atoms with E-state index >= 15 is 8.78 Å². The first kappa shape index (κ1) is 33.6. The van der Waals surface area contributed by atoms with E-state index in [1.165, 1.54) is 75.3 Å². The molecule has 3 heteroatoms. The van der Waals surface area contributed by atoms with Crippen LogP contribution in [0.3, 0.4) is 0 Å². The van der Waals surface area contributed by atoms with E-state index in [0.29, 0.717) is 49.0 Å². The van der Waals surface area contributed by atoms with E-state index in [4.69, 9.17) is 4.74 Å². The van der Waals surface area contributed by atoms with Crippen molar-refractivity contribution in [2.24, 2.45) is 11.8 Å². The van der Waals surface area contributed by atoms with Crippen LogP contribution in [0.15, 0.2) is 84.9 Å². The van der Waals surface area contributed by atoms with Gasteiger partial charge < -0.3 is 4.74 Å². The lowest BCUT2D eigenvalue weighted by atomic mass is 9.77. The second-order valence-electron chi connectivity index (χ2n) is 14.2. The molecule has 4 aromatic carbocycles. The molecule has 6 rings (SSSR count). The number of rotatable bonds is 12. The van der Waals surface area contributed by atoms with Crippen molar-refractivity contribution in [3.05, 3.63) is 119 Å². The molecule has 0 N–H and O–H groups in total. The highest BCUT2D eigenvalue weighted by Gasteiger charge is 2.22. The molecule has 0 aromatic heterocycles. The van der Waals surface area contributed by atoms with E-state index in [1.807, 2.05) is 24.3 Å². The summed E-state index contributed by atoms with van der Waals surface area (Å²) in [5, 5.41) is 0. The first-order valence-electron chi connectivity index (χ1n) is 18.4. The molecule has 0 atom stereocenters. The van der Waals surface area contributed by atoms with Crippen LogP contribution in [0, 0.1) is 23.5 Å². The maximum atomic E-state index is 15.0. The van der Waals surface area contributed by atoms with Gasteiger partial charge in [0.1, 0.15) is 11.6 Å². The summed E-state index contributed by atoms with van der Waals surface area (Å²) >= 11 is 0. The summed E-state index contributed by atoms with van der Waals surface area (Å²) in [4.78, 5) is 0. The van der Waals surface area contributed by atoms with Gasteiger partial charge in [-0.2, -0.15) is 0 Å². The highest BCUT2D eigenvalue weighted by atomic mass is 19.1. The number of halogens is 2. The Bertz CT molecular complexity index is 1440. The van der Waals surface area contributed by atoms with E-state index in [0.717, 1.165) is 34.1 Å². The van der Waals surface area contributed by atoms with Crippen LogP contribution in [0.5, 0.6) is 0 Å². The van der Waals surface area contributed by atoms with E-state index < -0.39 is 0 Å². The van der Waals surface area contributed by atoms with E-state index in [1.54, 1.807) is 12.1 Å². The molecule has 0 amide bonds. The highest BCUT2D eigenvalue weighted by molar-refractivity contribution is 5.65. The largest absolute Gasteiger partial charge is 0.381 e. The Labute approximate surface area is 281 Å². The van der Waals surface area contributed by atoms with E-state index in [-0.39, 0.29) is 11.6 Å². The number of ether oxygens (including phenoxy) is 1. The lowest BCUT2D eigenvalue weighted by Crippen LogP contribution is -2.12. The van der Waals surface area contributed by atoms with Gasteiger partial charge in [0.15, 0.2) is 0 Å². The Morgan fingerprint density at radius 2 is 0.851 bits per heavy atom. The van der Waals surface area contributed by atoms with Crippen LogP contribution in [-0.2, 0) is 17.6 Å². The molecular weight excluding hydrogens is 582 g/mol. The maximum Gasteiger partial charge on any atom is 0.127 e. The minimum atomic E-state index is -0.202. The summed E-state index contributed by atoms with van der Waals surface area (Å²) in [6, 6.07) is 28.5. The van der Waals surface area contributed by atoms with Gasteiger partial charge >= 0.3 is 0 Å². The molecule has 0 radical (unpaired) electrons. The Kier molecular flexibility index (Phi) is 11.6. The molecule has 0 saturated heterocycles. The number of hydrogen-bond donors (Lipinski definition) is 0. The molecule has 0 heterocycles. The number of hydrogen-bond acceptors (Lipinski definition) is 1. The molecule has 2 fully saturated rings. The van der Waals surface area contributed by atoms with Crippen molar-refractivity contribution in [1.29, 1.82) is 0 Å². The molecule has 0 unspecified atom stereocenters. The van der Waals surface area contributed by atoms with Crippen LogP contribution < -0.4 is 0 Å². The molecule has 248 valence electrons. The minimum absolute atomic E-state index is 0.202. The lowest BCUT2D eigenvalue weighted by Gasteiger charge is -2.28. The highest BCUT2D eigenvalue weighted by Crippen LogP contribution is 2.39. The average Bonchev–Trinajstić information content (AvgIpc) is 3.13. The SMILES string of the molecule is CCC1CCC(c2ccc(-c3ccc(CCOCCc4ccc(-c5ccc(C6CCC(CC)CC6)cc5)cc4F)c(F)c3)cc2)CC1. The van der Waals surface area contributed by atoms with Crippen molar-refractivity contribution in [3.8, 4) is 22.3 Å². The van der Waals surface area contributed by atoms with Crippen LogP contribution in [-0.4, -0.2) is 13.2 Å². The summed E-state index contributed by atoms with van der Waals surface area (Å²) in [6.45, 7) is 5.41. The smallest absolute Gasteiger partial charge is 0.127 e. The first-order chi connectivity index (χ1) is 23.0. The lowest BCUT2D eigenvalue weighted by molar-refractivity contribution is 0.139. The second kappa shape index (κ2) is 16.2. The van der Waals surface area contributed by atoms with Crippen molar-refractivity contribution in [1.82, 2.24) is 0 Å². The van der Waals surface area contributed by atoms with E-state index in [2.05, 4.69) is 62.4 Å². The molecule has 1 nitrogen and oxygen atoms in total. The topological polar surface area (TPSA) is 9.23 Å². The second-order valence-corrected chi connectivity index (χ2v) is 14.2. The third-order valence-electron chi connectivity index (χ3n) is 11.4. The maximum absolute atomic E-state index is 15.0. The predicted octanol–water partition coefficient (Wildman–Crippen LogP) is 12.5. The molecule has 47 heavy (non-hydrogen) atoms.